The van der Waals surface area contributed by atoms with Crippen LogP contribution < -0.4 is 5.32 Å². The lowest BCUT2D eigenvalue weighted by Gasteiger charge is -2.33. The minimum Gasteiger partial charge on any atom is -0.351 e. The maximum Gasteiger partial charge on any atom is 0.251 e. The number of aryl methyl sites for hydroxylation is 1. The monoisotopic (exact) mass is 475 g/mol. The van der Waals surface area contributed by atoms with Crippen LogP contribution in [0.2, 0.25) is 0 Å². The van der Waals surface area contributed by atoms with Crippen LogP contribution >= 0.6 is 11.8 Å². The summed E-state index contributed by atoms with van der Waals surface area (Å²) in [6.07, 6.45) is 0. The Labute approximate surface area is 196 Å². The molecule has 6 nitrogen and oxygen atoms in total. The number of benzene rings is 2. The molecule has 0 unspecified atom stereocenters. The number of hydrogen-bond donors (Lipinski definition) is 1. The van der Waals surface area contributed by atoms with Crippen LogP contribution in [-0.2, 0) is 22.3 Å². The summed E-state index contributed by atoms with van der Waals surface area (Å²) in [5.74, 6) is 1.90. The van der Waals surface area contributed by atoms with E-state index in [-0.39, 0.29) is 11.7 Å². The molecule has 0 atom stereocenters. The first-order chi connectivity index (χ1) is 15.4. The zero-order valence-electron chi connectivity index (χ0n) is 18.9. The molecule has 1 saturated heterocycles. The van der Waals surface area contributed by atoms with E-state index in [1.807, 2.05) is 36.0 Å². The number of amides is 1. The molecule has 2 aromatic carbocycles. The highest BCUT2D eigenvalue weighted by Crippen LogP contribution is 2.14. The first-order valence-corrected chi connectivity index (χ1v) is 13.8. The Balaban J connectivity index is 1.41. The Morgan fingerprint density at radius 1 is 1.03 bits per heavy atom. The minimum atomic E-state index is -3.11. The van der Waals surface area contributed by atoms with Gasteiger partial charge in [0.1, 0.15) is 0 Å². The standard InChI is InChI=1S/C24H33N3O3S2/c1-3-32(29,30)27-14-12-26(13-15-27)18-22-5-4-6-23(17-22)24(28)25-11-16-31-19-21-9-7-20(2)8-10-21/h4-10,17H,3,11-16,18-19H2,1-2H3,(H,25,28). The third kappa shape index (κ3) is 7.33. The van der Waals surface area contributed by atoms with E-state index in [0.29, 0.717) is 44.8 Å². The summed E-state index contributed by atoms with van der Waals surface area (Å²) in [6, 6.07) is 16.2. The lowest BCUT2D eigenvalue weighted by Crippen LogP contribution is -2.48. The molecule has 1 heterocycles. The lowest BCUT2D eigenvalue weighted by atomic mass is 10.1. The van der Waals surface area contributed by atoms with Gasteiger partial charge >= 0.3 is 0 Å². The molecule has 0 radical (unpaired) electrons. The summed E-state index contributed by atoms with van der Waals surface area (Å²) in [5, 5.41) is 3.01. The van der Waals surface area contributed by atoms with Crippen LogP contribution in [0.25, 0.3) is 0 Å². The molecule has 3 rings (SSSR count). The molecule has 1 N–H and O–H groups in total. The molecule has 8 heteroatoms. The van der Waals surface area contributed by atoms with Crippen molar-refractivity contribution < 1.29 is 13.2 Å². The number of rotatable bonds is 10. The number of nitrogens with one attached hydrogen (secondary N) is 1. The van der Waals surface area contributed by atoms with E-state index < -0.39 is 10.0 Å². The maximum atomic E-state index is 12.5. The van der Waals surface area contributed by atoms with Gasteiger partial charge in [0.15, 0.2) is 0 Å². The number of thioether (sulfide) groups is 1. The SMILES string of the molecule is CCS(=O)(=O)N1CCN(Cc2cccc(C(=O)NCCSCc3ccc(C)cc3)c2)CC1. The molecule has 32 heavy (non-hydrogen) atoms. The fourth-order valence-corrected chi connectivity index (χ4v) is 5.53. The molecule has 2 aromatic rings. The van der Waals surface area contributed by atoms with Gasteiger partial charge in [-0.05, 0) is 37.1 Å². The van der Waals surface area contributed by atoms with E-state index in [9.17, 15) is 13.2 Å². The zero-order valence-corrected chi connectivity index (χ0v) is 20.6. The quantitative estimate of drug-likeness (QED) is 0.535. The summed E-state index contributed by atoms with van der Waals surface area (Å²) in [4.78, 5) is 14.8. The topological polar surface area (TPSA) is 69.7 Å². The first kappa shape index (κ1) is 24.8. The van der Waals surface area contributed by atoms with Crippen molar-refractivity contribution in [2.75, 3.05) is 44.2 Å². The fourth-order valence-electron chi connectivity index (χ4n) is 3.63. The molecular formula is C24H33N3O3S2. The molecule has 1 fully saturated rings. The Hall–Kier alpha value is -1.87. The second kappa shape index (κ2) is 11.8. The van der Waals surface area contributed by atoms with Crippen molar-refractivity contribution in [1.29, 1.82) is 0 Å². The Morgan fingerprint density at radius 2 is 1.75 bits per heavy atom. The molecule has 0 spiro atoms. The third-order valence-electron chi connectivity index (χ3n) is 5.61. The molecule has 1 aliphatic heterocycles. The van der Waals surface area contributed by atoms with E-state index in [2.05, 4.69) is 41.4 Å². The van der Waals surface area contributed by atoms with E-state index in [1.165, 1.54) is 11.1 Å². The van der Waals surface area contributed by atoms with Crippen molar-refractivity contribution in [2.24, 2.45) is 0 Å². The predicted octanol–water partition coefficient (Wildman–Crippen LogP) is 3.13. The normalized spacial score (nSPS) is 15.6. The molecule has 0 bridgehead atoms. The van der Waals surface area contributed by atoms with Crippen LogP contribution in [-0.4, -0.2) is 67.8 Å². The van der Waals surface area contributed by atoms with Crippen molar-refractivity contribution >= 4 is 27.7 Å². The zero-order chi connectivity index (χ0) is 23.0. The first-order valence-electron chi connectivity index (χ1n) is 11.1. The minimum absolute atomic E-state index is 0.0540. The fraction of sp³-hybridized carbons (Fsp3) is 0.458. The van der Waals surface area contributed by atoms with Crippen LogP contribution in [0.15, 0.2) is 48.5 Å². The second-order valence-corrected chi connectivity index (χ2v) is 11.4. The van der Waals surface area contributed by atoms with E-state index in [4.69, 9.17) is 0 Å². The molecular weight excluding hydrogens is 442 g/mol. The van der Waals surface area contributed by atoms with Crippen LogP contribution in [0.1, 0.15) is 34.0 Å². The van der Waals surface area contributed by atoms with Gasteiger partial charge in [0.05, 0.1) is 5.75 Å². The number of piperazine rings is 1. The summed E-state index contributed by atoms with van der Waals surface area (Å²) in [6.45, 7) is 7.57. The van der Waals surface area contributed by atoms with Gasteiger partial charge in [0, 0.05) is 56.3 Å². The maximum absolute atomic E-state index is 12.5. The highest BCUT2D eigenvalue weighted by molar-refractivity contribution is 7.98. The van der Waals surface area contributed by atoms with Gasteiger partial charge in [-0.2, -0.15) is 16.1 Å². The van der Waals surface area contributed by atoms with E-state index in [1.54, 1.807) is 11.2 Å². The van der Waals surface area contributed by atoms with Gasteiger partial charge in [-0.1, -0.05) is 42.0 Å². The van der Waals surface area contributed by atoms with Crippen molar-refractivity contribution in [1.82, 2.24) is 14.5 Å². The van der Waals surface area contributed by atoms with Crippen LogP contribution in [0.5, 0.6) is 0 Å². The van der Waals surface area contributed by atoms with Gasteiger partial charge in [-0.15, -0.1) is 0 Å². The Bertz CT molecular complexity index is 986. The molecule has 1 amide bonds. The molecule has 0 aliphatic carbocycles. The number of hydrogen-bond acceptors (Lipinski definition) is 5. The summed E-state index contributed by atoms with van der Waals surface area (Å²) in [7, 11) is -3.11. The van der Waals surface area contributed by atoms with Gasteiger partial charge < -0.3 is 5.32 Å². The molecule has 0 saturated carbocycles. The van der Waals surface area contributed by atoms with Crippen molar-refractivity contribution in [3.8, 4) is 0 Å². The smallest absolute Gasteiger partial charge is 0.251 e. The number of sulfonamides is 1. The second-order valence-electron chi connectivity index (χ2n) is 8.07. The summed E-state index contributed by atoms with van der Waals surface area (Å²) < 4.78 is 25.6. The number of carbonyl (C=O) groups excluding carboxylic acids is 1. The third-order valence-corrected chi connectivity index (χ3v) is 8.52. The Morgan fingerprint density at radius 3 is 2.44 bits per heavy atom. The number of nitrogens with zero attached hydrogens (tertiary/aromatic N) is 2. The van der Waals surface area contributed by atoms with Crippen LogP contribution in [0, 0.1) is 6.92 Å². The van der Waals surface area contributed by atoms with Gasteiger partial charge in [-0.25, -0.2) is 8.42 Å². The predicted molar refractivity (Wildman–Crippen MR) is 132 cm³/mol. The van der Waals surface area contributed by atoms with E-state index >= 15 is 0 Å². The summed E-state index contributed by atoms with van der Waals surface area (Å²) >= 11 is 1.81. The summed E-state index contributed by atoms with van der Waals surface area (Å²) in [5.41, 5.74) is 4.30. The van der Waals surface area contributed by atoms with Crippen LogP contribution in [0.3, 0.4) is 0 Å². The molecule has 0 aromatic heterocycles. The average Bonchev–Trinajstić information content (AvgIpc) is 2.80. The van der Waals surface area contributed by atoms with Crippen molar-refractivity contribution in [3.63, 3.8) is 0 Å². The molecule has 1 aliphatic rings. The van der Waals surface area contributed by atoms with E-state index in [0.717, 1.165) is 17.1 Å². The largest absolute Gasteiger partial charge is 0.351 e. The lowest BCUT2D eigenvalue weighted by molar-refractivity contribution is 0.0956. The van der Waals surface area contributed by atoms with Gasteiger partial charge in [0.25, 0.3) is 5.91 Å². The van der Waals surface area contributed by atoms with Crippen molar-refractivity contribution in [3.05, 3.63) is 70.8 Å². The van der Waals surface area contributed by atoms with Gasteiger partial charge in [0.2, 0.25) is 10.0 Å². The Kier molecular flexibility index (Phi) is 9.16. The highest BCUT2D eigenvalue weighted by atomic mass is 32.2. The molecule has 174 valence electrons. The van der Waals surface area contributed by atoms with Crippen molar-refractivity contribution in [2.45, 2.75) is 26.1 Å². The van der Waals surface area contributed by atoms with Crippen LogP contribution in [0.4, 0.5) is 0 Å². The average molecular weight is 476 g/mol. The van der Waals surface area contributed by atoms with Gasteiger partial charge in [-0.3, -0.25) is 9.69 Å². The number of carbonyl (C=O) groups is 1. The highest BCUT2D eigenvalue weighted by Gasteiger charge is 2.25.